The highest BCUT2D eigenvalue weighted by atomic mass is 15.2. The van der Waals surface area contributed by atoms with Gasteiger partial charge in [-0.25, -0.2) is 0 Å². The molecule has 1 aromatic heterocycles. The first-order valence-electron chi connectivity index (χ1n) is 6.24. The molecule has 3 N–H and O–H groups in total. The molecular formula is C12H20N4. The van der Waals surface area contributed by atoms with Gasteiger partial charge in [0.1, 0.15) is 0 Å². The molecule has 1 saturated heterocycles. The second kappa shape index (κ2) is 3.86. The predicted octanol–water partition coefficient (Wildman–Crippen LogP) is 0.765. The van der Waals surface area contributed by atoms with Gasteiger partial charge in [0.2, 0.25) is 0 Å². The van der Waals surface area contributed by atoms with Crippen LogP contribution in [-0.4, -0.2) is 40.8 Å². The minimum absolute atomic E-state index is 0.408. The number of H-pyrrole nitrogens is 1. The Bertz CT molecular complexity index is 342. The number of hydrogen-bond donors (Lipinski definition) is 2. The number of rotatable bonds is 3. The minimum atomic E-state index is 0.408. The van der Waals surface area contributed by atoms with E-state index in [0.717, 1.165) is 19.5 Å². The topological polar surface area (TPSA) is 57.9 Å². The Balaban J connectivity index is 1.54. The quantitative estimate of drug-likeness (QED) is 0.791. The molecule has 1 saturated carbocycles. The molecule has 88 valence electrons. The van der Waals surface area contributed by atoms with Crippen molar-refractivity contribution in [1.82, 2.24) is 15.1 Å². The maximum Gasteiger partial charge on any atom is 0.0519 e. The molecular weight excluding hydrogens is 200 g/mol. The minimum Gasteiger partial charge on any atom is -0.326 e. The van der Waals surface area contributed by atoms with Crippen LogP contribution in [0, 0.1) is 5.41 Å². The molecule has 16 heavy (non-hydrogen) atoms. The van der Waals surface area contributed by atoms with Gasteiger partial charge < -0.3 is 10.6 Å². The van der Waals surface area contributed by atoms with Gasteiger partial charge in [-0.15, -0.1) is 0 Å². The largest absolute Gasteiger partial charge is 0.326 e. The molecule has 4 heteroatoms. The first-order chi connectivity index (χ1) is 7.78. The van der Waals surface area contributed by atoms with E-state index in [1.807, 2.05) is 12.4 Å². The van der Waals surface area contributed by atoms with Crippen LogP contribution in [0.2, 0.25) is 0 Å². The average molecular weight is 220 g/mol. The number of aromatic amines is 1. The normalized spacial score (nSPS) is 28.4. The lowest BCUT2D eigenvalue weighted by Gasteiger charge is -2.41. The van der Waals surface area contributed by atoms with Gasteiger partial charge in [-0.2, -0.15) is 5.10 Å². The van der Waals surface area contributed by atoms with Gasteiger partial charge in [0.05, 0.1) is 6.20 Å². The third kappa shape index (κ3) is 1.66. The van der Waals surface area contributed by atoms with Gasteiger partial charge in [-0.1, -0.05) is 6.42 Å². The predicted molar refractivity (Wildman–Crippen MR) is 63.0 cm³/mol. The van der Waals surface area contributed by atoms with E-state index in [2.05, 4.69) is 15.1 Å². The van der Waals surface area contributed by atoms with E-state index in [9.17, 15) is 0 Å². The van der Waals surface area contributed by atoms with E-state index in [4.69, 9.17) is 5.73 Å². The van der Waals surface area contributed by atoms with Crippen molar-refractivity contribution in [1.29, 1.82) is 0 Å². The van der Waals surface area contributed by atoms with Crippen molar-refractivity contribution in [3.8, 4) is 0 Å². The Hall–Kier alpha value is -0.870. The second-order valence-corrected chi connectivity index (χ2v) is 5.41. The van der Waals surface area contributed by atoms with Crippen molar-refractivity contribution >= 4 is 0 Å². The SMILES string of the molecule is NC1CN(CCc2cn[nH]c2)CC12CCC2. The molecule has 0 radical (unpaired) electrons. The number of nitrogens with one attached hydrogen (secondary N) is 1. The van der Waals surface area contributed by atoms with Crippen LogP contribution in [0.25, 0.3) is 0 Å². The molecule has 1 unspecified atom stereocenters. The lowest BCUT2D eigenvalue weighted by Crippen LogP contribution is -2.45. The highest BCUT2D eigenvalue weighted by Gasteiger charge is 2.48. The molecule has 0 aromatic carbocycles. The molecule has 4 nitrogen and oxygen atoms in total. The van der Waals surface area contributed by atoms with Crippen LogP contribution in [-0.2, 0) is 6.42 Å². The van der Waals surface area contributed by atoms with Crippen LogP contribution in [0.4, 0.5) is 0 Å². The van der Waals surface area contributed by atoms with E-state index in [0.29, 0.717) is 11.5 Å². The van der Waals surface area contributed by atoms with Crippen LogP contribution in [0.15, 0.2) is 12.4 Å². The monoisotopic (exact) mass is 220 g/mol. The van der Waals surface area contributed by atoms with Crippen LogP contribution in [0.5, 0.6) is 0 Å². The van der Waals surface area contributed by atoms with Crippen molar-refractivity contribution in [3.05, 3.63) is 18.0 Å². The first-order valence-corrected chi connectivity index (χ1v) is 6.24. The summed E-state index contributed by atoms with van der Waals surface area (Å²) >= 11 is 0. The molecule has 1 aromatic rings. The van der Waals surface area contributed by atoms with Crippen molar-refractivity contribution in [3.63, 3.8) is 0 Å². The van der Waals surface area contributed by atoms with E-state index in [1.54, 1.807) is 0 Å². The Morgan fingerprint density at radius 3 is 3.00 bits per heavy atom. The fraction of sp³-hybridized carbons (Fsp3) is 0.750. The van der Waals surface area contributed by atoms with Gasteiger partial charge in [-0.05, 0) is 30.2 Å². The van der Waals surface area contributed by atoms with E-state index in [-0.39, 0.29) is 0 Å². The molecule has 2 aliphatic rings. The molecule has 0 amide bonds. The molecule has 1 aliphatic carbocycles. The molecule has 3 rings (SSSR count). The highest BCUT2D eigenvalue weighted by Crippen LogP contribution is 2.47. The Kier molecular flexibility index (Phi) is 2.48. The fourth-order valence-corrected chi connectivity index (χ4v) is 3.13. The molecule has 1 aliphatic heterocycles. The van der Waals surface area contributed by atoms with E-state index in [1.165, 1.54) is 31.4 Å². The van der Waals surface area contributed by atoms with Gasteiger partial charge in [0.25, 0.3) is 0 Å². The van der Waals surface area contributed by atoms with Crippen molar-refractivity contribution in [2.75, 3.05) is 19.6 Å². The van der Waals surface area contributed by atoms with Gasteiger partial charge in [0, 0.05) is 31.9 Å². The summed E-state index contributed by atoms with van der Waals surface area (Å²) in [6, 6.07) is 0.408. The number of likely N-dealkylation sites (tertiary alicyclic amines) is 1. The smallest absolute Gasteiger partial charge is 0.0519 e. The Labute approximate surface area is 96.2 Å². The van der Waals surface area contributed by atoms with Crippen molar-refractivity contribution in [2.45, 2.75) is 31.7 Å². The zero-order chi connectivity index (χ0) is 11.0. The molecule has 2 heterocycles. The zero-order valence-corrected chi connectivity index (χ0v) is 9.65. The van der Waals surface area contributed by atoms with Gasteiger partial charge >= 0.3 is 0 Å². The van der Waals surface area contributed by atoms with Crippen LogP contribution in [0.3, 0.4) is 0 Å². The summed E-state index contributed by atoms with van der Waals surface area (Å²) in [5.74, 6) is 0. The maximum absolute atomic E-state index is 6.25. The summed E-state index contributed by atoms with van der Waals surface area (Å²) in [4.78, 5) is 2.52. The summed E-state index contributed by atoms with van der Waals surface area (Å²) in [5, 5.41) is 6.83. The van der Waals surface area contributed by atoms with Crippen LogP contribution >= 0.6 is 0 Å². The number of aromatic nitrogens is 2. The highest BCUT2D eigenvalue weighted by molar-refractivity contribution is 5.06. The fourth-order valence-electron chi connectivity index (χ4n) is 3.13. The third-order valence-corrected chi connectivity index (χ3v) is 4.40. The Morgan fingerprint density at radius 1 is 1.56 bits per heavy atom. The lowest BCUT2D eigenvalue weighted by atomic mass is 9.66. The number of hydrogen-bond acceptors (Lipinski definition) is 3. The van der Waals surface area contributed by atoms with Crippen LogP contribution in [0.1, 0.15) is 24.8 Å². The van der Waals surface area contributed by atoms with Crippen LogP contribution < -0.4 is 5.73 Å². The maximum atomic E-state index is 6.25. The summed E-state index contributed by atoms with van der Waals surface area (Å²) < 4.78 is 0. The third-order valence-electron chi connectivity index (χ3n) is 4.40. The Morgan fingerprint density at radius 2 is 2.44 bits per heavy atom. The molecule has 0 bridgehead atoms. The van der Waals surface area contributed by atoms with E-state index >= 15 is 0 Å². The number of nitrogens with zero attached hydrogens (tertiary/aromatic N) is 2. The van der Waals surface area contributed by atoms with Gasteiger partial charge in [-0.3, -0.25) is 5.10 Å². The summed E-state index contributed by atoms with van der Waals surface area (Å²) in [6.45, 7) is 3.42. The summed E-state index contributed by atoms with van der Waals surface area (Å²) in [5.41, 5.74) is 8.03. The average Bonchev–Trinajstić information content (AvgIpc) is 2.80. The van der Waals surface area contributed by atoms with Crippen molar-refractivity contribution < 1.29 is 0 Å². The van der Waals surface area contributed by atoms with Crippen molar-refractivity contribution in [2.24, 2.45) is 11.1 Å². The summed E-state index contributed by atoms with van der Waals surface area (Å²) in [6.07, 6.45) is 9.04. The summed E-state index contributed by atoms with van der Waals surface area (Å²) in [7, 11) is 0. The molecule has 1 spiro atoms. The lowest BCUT2D eigenvalue weighted by molar-refractivity contribution is 0.123. The van der Waals surface area contributed by atoms with Gasteiger partial charge in [0.15, 0.2) is 0 Å². The second-order valence-electron chi connectivity index (χ2n) is 5.41. The molecule has 2 fully saturated rings. The van der Waals surface area contributed by atoms with E-state index < -0.39 is 0 Å². The standard InChI is InChI=1S/C12H20N4/c13-11-8-16(9-12(11)3-1-4-12)5-2-10-6-14-15-7-10/h6-7,11H,1-5,8-9,13H2,(H,14,15). The number of nitrogens with two attached hydrogens (primary N) is 1. The zero-order valence-electron chi connectivity index (χ0n) is 9.65. The molecule has 1 atom stereocenters. The first kappa shape index (κ1) is 10.3.